The molecule has 2 rings (SSSR count). The predicted octanol–water partition coefficient (Wildman–Crippen LogP) is 3.25. The smallest absolute Gasteiger partial charge is 0.238 e. The highest BCUT2D eigenvalue weighted by atomic mass is 35.5. The molecule has 1 fully saturated rings. The number of nitrogens with zero attached hydrogens (tertiary/aromatic N) is 1. The van der Waals surface area contributed by atoms with Crippen LogP contribution in [-0.2, 0) is 11.3 Å². The van der Waals surface area contributed by atoms with Crippen LogP contribution >= 0.6 is 11.6 Å². The first kappa shape index (κ1) is 17.2. The Bertz CT molecular complexity index is 495. The topological polar surface area (TPSA) is 40.5 Å². The number of alkyl halides is 1. The number of benzene rings is 1. The SMILES string of the molecule is Cc1cccc(F)c1CN(C(=O)CCl)C1CCC(CO)CC1. The molecule has 0 atom stereocenters. The Morgan fingerprint density at radius 3 is 2.59 bits per heavy atom. The van der Waals surface area contributed by atoms with E-state index in [1.54, 1.807) is 11.0 Å². The molecule has 0 saturated heterocycles. The number of amides is 1. The average molecular weight is 328 g/mol. The van der Waals surface area contributed by atoms with E-state index in [1.807, 2.05) is 13.0 Å². The summed E-state index contributed by atoms with van der Waals surface area (Å²) in [6.45, 7) is 2.31. The van der Waals surface area contributed by atoms with E-state index in [-0.39, 0.29) is 36.8 Å². The van der Waals surface area contributed by atoms with E-state index in [1.165, 1.54) is 6.07 Å². The molecule has 5 heteroatoms. The van der Waals surface area contributed by atoms with Crippen molar-refractivity contribution in [3.8, 4) is 0 Å². The van der Waals surface area contributed by atoms with Gasteiger partial charge in [-0.25, -0.2) is 4.39 Å². The lowest BCUT2D eigenvalue weighted by molar-refractivity contribution is -0.132. The van der Waals surface area contributed by atoms with Crippen LogP contribution in [0.5, 0.6) is 0 Å². The largest absolute Gasteiger partial charge is 0.396 e. The molecule has 122 valence electrons. The van der Waals surface area contributed by atoms with E-state index in [9.17, 15) is 14.3 Å². The van der Waals surface area contributed by atoms with Crippen molar-refractivity contribution in [3.05, 3.63) is 35.1 Å². The molecule has 1 aliphatic rings. The molecule has 1 amide bonds. The van der Waals surface area contributed by atoms with Gasteiger partial charge < -0.3 is 10.0 Å². The fraction of sp³-hybridized carbons (Fsp3) is 0.588. The Balaban J connectivity index is 2.15. The van der Waals surface area contributed by atoms with Gasteiger partial charge in [-0.1, -0.05) is 12.1 Å². The molecule has 1 aromatic rings. The predicted molar refractivity (Wildman–Crippen MR) is 85.2 cm³/mol. The quantitative estimate of drug-likeness (QED) is 0.843. The van der Waals surface area contributed by atoms with Gasteiger partial charge in [0.1, 0.15) is 11.7 Å². The number of rotatable bonds is 5. The standard InChI is InChI=1S/C17H23ClFNO2/c1-12-3-2-4-16(19)15(12)10-20(17(22)9-18)14-7-5-13(11-21)6-8-14/h2-4,13-14,21H,5-11H2,1H3. The van der Waals surface area contributed by atoms with Crippen molar-refractivity contribution in [1.82, 2.24) is 4.90 Å². The molecule has 1 N–H and O–H groups in total. The van der Waals surface area contributed by atoms with Crippen LogP contribution in [0, 0.1) is 18.7 Å². The average Bonchev–Trinajstić information content (AvgIpc) is 2.54. The van der Waals surface area contributed by atoms with Crippen LogP contribution in [0.25, 0.3) is 0 Å². The minimum Gasteiger partial charge on any atom is -0.396 e. The molecule has 1 aliphatic carbocycles. The van der Waals surface area contributed by atoms with Gasteiger partial charge in [0.25, 0.3) is 0 Å². The Morgan fingerprint density at radius 1 is 1.36 bits per heavy atom. The fourth-order valence-corrected chi connectivity index (χ4v) is 3.33. The first-order valence-corrected chi connectivity index (χ1v) is 8.30. The van der Waals surface area contributed by atoms with Gasteiger partial charge in [0.2, 0.25) is 5.91 Å². The van der Waals surface area contributed by atoms with Crippen LogP contribution in [0.4, 0.5) is 4.39 Å². The van der Waals surface area contributed by atoms with Crippen LogP contribution in [0.3, 0.4) is 0 Å². The molecular formula is C17H23ClFNO2. The van der Waals surface area contributed by atoms with Crippen LogP contribution in [0.1, 0.15) is 36.8 Å². The van der Waals surface area contributed by atoms with Crippen molar-refractivity contribution in [3.63, 3.8) is 0 Å². The second kappa shape index (κ2) is 7.93. The number of aliphatic hydroxyl groups is 1. The summed E-state index contributed by atoms with van der Waals surface area (Å²) < 4.78 is 14.1. The first-order valence-electron chi connectivity index (χ1n) is 7.77. The molecule has 0 unspecified atom stereocenters. The maximum absolute atomic E-state index is 14.1. The summed E-state index contributed by atoms with van der Waals surface area (Å²) in [7, 11) is 0. The van der Waals surface area contributed by atoms with Crippen molar-refractivity contribution in [2.45, 2.75) is 45.2 Å². The molecule has 0 radical (unpaired) electrons. The molecule has 1 saturated carbocycles. The summed E-state index contributed by atoms with van der Waals surface area (Å²) in [5.74, 6) is -0.208. The van der Waals surface area contributed by atoms with E-state index in [0.717, 1.165) is 31.2 Å². The Kier molecular flexibility index (Phi) is 6.21. The van der Waals surface area contributed by atoms with Gasteiger partial charge in [0.05, 0.1) is 0 Å². The second-order valence-corrected chi connectivity index (χ2v) is 6.31. The molecule has 0 aromatic heterocycles. The lowest BCUT2D eigenvalue weighted by Gasteiger charge is -2.36. The summed E-state index contributed by atoms with van der Waals surface area (Å²) in [6.07, 6.45) is 3.45. The van der Waals surface area contributed by atoms with Gasteiger partial charge >= 0.3 is 0 Å². The Morgan fingerprint density at radius 2 is 2.05 bits per heavy atom. The highest BCUT2D eigenvalue weighted by molar-refractivity contribution is 6.27. The highest BCUT2D eigenvalue weighted by Crippen LogP contribution is 2.29. The van der Waals surface area contributed by atoms with Crippen molar-refractivity contribution < 1.29 is 14.3 Å². The molecule has 3 nitrogen and oxygen atoms in total. The highest BCUT2D eigenvalue weighted by Gasteiger charge is 2.29. The fourth-order valence-electron chi connectivity index (χ4n) is 3.17. The summed E-state index contributed by atoms with van der Waals surface area (Å²) >= 11 is 5.74. The van der Waals surface area contributed by atoms with E-state index in [0.29, 0.717) is 11.5 Å². The second-order valence-electron chi connectivity index (χ2n) is 6.05. The number of carbonyl (C=O) groups is 1. The zero-order chi connectivity index (χ0) is 16.1. The van der Waals surface area contributed by atoms with Crippen LogP contribution in [0.15, 0.2) is 18.2 Å². The van der Waals surface area contributed by atoms with E-state index >= 15 is 0 Å². The normalized spacial score (nSPS) is 21.6. The summed E-state index contributed by atoms with van der Waals surface area (Å²) in [5.41, 5.74) is 1.40. The number of hydrogen-bond donors (Lipinski definition) is 1. The Labute approximate surface area is 136 Å². The van der Waals surface area contributed by atoms with Crippen molar-refractivity contribution in [1.29, 1.82) is 0 Å². The van der Waals surface area contributed by atoms with Gasteiger partial charge in [0, 0.05) is 24.8 Å². The molecule has 0 heterocycles. The minimum atomic E-state index is -0.281. The maximum atomic E-state index is 14.1. The van der Waals surface area contributed by atoms with Crippen molar-refractivity contribution in [2.75, 3.05) is 12.5 Å². The third kappa shape index (κ3) is 3.99. The third-order valence-electron chi connectivity index (χ3n) is 4.63. The number of carbonyl (C=O) groups excluding carboxylic acids is 1. The zero-order valence-corrected chi connectivity index (χ0v) is 13.7. The van der Waals surface area contributed by atoms with Crippen LogP contribution in [0.2, 0.25) is 0 Å². The number of aryl methyl sites for hydroxylation is 1. The lowest BCUT2D eigenvalue weighted by atomic mass is 9.85. The number of halogens is 2. The van der Waals surface area contributed by atoms with Crippen molar-refractivity contribution >= 4 is 17.5 Å². The summed E-state index contributed by atoms with van der Waals surface area (Å²) in [6, 6.07) is 5.03. The molecule has 0 aliphatic heterocycles. The van der Waals surface area contributed by atoms with Crippen molar-refractivity contribution in [2.24, 2.45) is 5.92 Å². The van der Waals surface area contributed by atoms with Gasteiger partial charge in [-0.2, -0.15) is 0 Å². The van der Waals surface area contributed by atoms with Crippen LogP contribution < -0.4 is 0 Å². The maximum Gasteiger partial charge on any atom is 0.238 e. The number of aliphatic hydroxyl groups excluding tert-OH is 1. The van der Waals surface area contributed by atoms with Gasteiger partial charge in [-0.3, -0.25) is 4.79 Å². The zero-order valence-electron chi connectivity index (χ0n) is 12.9. The van der Waals surface area contributed by atoms with Crippen LogP contribution in [-0.4, -0.2) is 34.4 Å². The molecule has 22 heavy (non-hydrogen) atoms. The number of hydrogen-bond acceptors (Lipinski definition) is 2. The third-order valence-corrected chi connectivity index (χ3v) is 4.86. The first-order chi connectivity index (χ1) is 10.6. The lowest BCUT2D eigenvalue weighted by Crippen LogP contribution is -2.43. The monoisotopic (exact) mass is 327 g/mol. The van der Waals surface area contributed by atoms with E-state index < -0.39 is 0 Å². The Hall–Kier alpha value is -1.13. The van der Waals surface area contributed by atoms with Gasteiger partial charge in [0.15, 0.2) is 0 Å². The summed E-state index contributed by atoms with van der Waals surface area (Å²) in [5, 5.41) is 9.23. The molecule has 0 spiro atoms. The molecule has 1 aromatic carbocycles. The molecular weight excluding hydrogens is 305 g/mol. The van der Waals surface area contributed by atoms with Gasteiger partial charge in [-0.15, -0.1) is 11.6 Å². The van der Waals surface area contributed by atoms with E-state index in [2.05, 4.69) is 0 Å². The molecule has 0 bridgehead atoms. The summed E-state index contributed by atoms with van der Waals surface area (Å²) in [4.78, 5) is 13.9. The minimum absolute atomic E-state index is 0.0769. The van der Waals surface area contributed by atoms with Gasteiger partial charge in [-0.05, 0) is 50.2 Å². The van der Waals surface area contributed by atoms with E-state index in [4.69, 9.17) is 11.6 Å².